The van der Waals surface area contributed by atoms with Crippen molar-refractivity contribution in [1.29, 1.82) is 0 Å². The predicted octanol–water partition coefficient (Wildman–Crippen LogP) is 2.07. The van der Waals surface area contributed by atoms with Crippen molar-refractivity contribution in [2.75, 3.05) is 13.2 Å². The molecule has 1 fully saturated rings. The zero-order valence-corrected chi connectivity index (χ0v) is 13.1. The number of amides is 1. The van der Waals surface area contributed by atoms with Crippen molar-refractivity contribution in [3.63, 3.8) is 0 Å². The second-order valence-corrected chi connectivity index (χ2v) is 5.76. The first kappa shape index (κ1) is 15.6. The smallest absolute Gasteiger partial charge is 0.331 e. The molecule has 2 aromatic rings. The summed E-state index contributed by atoms with van der Waals surface area (Å²) in [6.45, 7) is 0.375. The van der Waals surface area contributed by atoms with Gasteiger partial charge in [-0.05, 0) is 37.0 Å². The molecule has 0 atom stereocenters. The summed E-state index contributed by atoms with van der Waals surface area (Å²) in [5, 5.41) is 3.02. The van der Waals surface area contributed by atoms with Crippen molar-refractivity contribution in [3.05, 3.63) is 41.3 Å². The molecule has 0 spiro atoms. The monoisotopic (exact) mass is 333 g/mol. The van der Waals surface area contributed by atoms with Crippen molar-refractivity contribution >= 4 is 35.2 Å². The van der Waals surface area contributed by atoms with Crippen LogP contribution in [0.25, 0.3) is 11.7 Å². The molecular formula is C16H16ClN3O3. The van der Waals surface area contributed by atoms with Gasteiger partial charge in [0.05, 0.1) is 5.69 Å². The van der Waals surface area contributed by atoms with Crippen molar-refractivity contribution < 1.29 is 14.3 Å². The molecule has 1 amide bonds. The number of esters is 1. The van der Waals surface area contributed by atoms with Crippen LogP contribution in [0.4, 0.5) is 0 Å². The van der Waals surface area contributed by atoms with E-state index in [0.29, 0.717) is 29.0 Å². The van der Waals surface area contributed by atoms with E-state index in [9.17, 15) is 9.59 Å². The molecule has 7 heteroatoms. The van der Waals surface area contributed by atoms with Gasteiger partial charge in [-0.2, -0.15) is 0 Å². The van der Waals surface area contributed by atoms with Crippen molar-refractivity contribution in [1.82, 2.24) is 14.7 Å². The van der Waals surface area contributed by atoms with E-state index in [1.807, 2.05) is 18.2 Å². The van der Waals surface area contributed by atoms with Gasteiger partial charge >= 0.3 is 5.97 Å². The lowest BCUT2D eigenvalue weighted by Crippen LogP contribution is -2.30. The standard InChI is InChI=1S/C16H16ClN3O3/c17-16-12(20-8-2-1-3-13(20)19-16)6-7-15(22)23-10-14(21)18-9-11-4-5-11/h1-3,6-8,11H,4-5,9-10H2,(H,18,21). The Bertz CT molecular complexity index is 765. The number of nitrogens with one attached hydrogen (secondary N) is 1. The lowest BCUT2D eigenvalue weighted by atomic mass is 10.4. The number of aromatic nitrogens is 2. The molecule has 2 heterocycles. The van der Waals surface area contributed by atoms with Gasteiger partial charge in [-0.25, -0.2) is 9.78 Å². The lowest BCUT2D eigenvalue weighted by molar-refractivity contribution is -0.143. The van der Waals surface area contributed by atoms with Crippen LogP contribution in [0.3, 0.4) is 0 Å². The zero-order chi connectivity index (χ0) is 16.2. The summed E-state index contributed by atoms with van der Waals surface area (Å²) in [6, 6.07) is 5.50. The van der Waals surface area contributed by atoms with E-state index >= 15 is 0 Å². The Morgan fingerprint density at radius 2 is 2.26 bits per heavy atom. The van der Waals surface area contributed by atoms with Crippen molar-refractivity contribution in [3.8, 4) is 0 Å². The lowest BCUT2D eigenvalue weighted by Gasteiger charge is -2.03. The molecule has 6 nitrogen and oxygen atoms in total. The number of pyridine rings is 1. The minimum atomic E-state index is -0.603. The number of ether oxygens (including phenoxy) is 1. The molecule has 1 aliphatic rings. The van der Waals surface area contributed by atoms with Gasteiger partial charge < -0.3 is 10.1 Å². The summed E-state index contributed by atoms with van der Waals surface area (Å²) in [7, 11) is 0. The number of halogens is 1. The Hall–Kier alpha value is -2.34. The molecule has 0 radical (unpaired) electrons. The van der Waals surface area contributed by atoms with E-state index in [0.717, 1.165) is 12.8 Å². The second-order valence-electron chi connectivity index (χ2n) is 5.41. The third-order valence-electron chi connectivity index (χ3n) is 3.53. The van der Waals surface area contributed by atoms with Crippen LogP contribution < -0.4 is 5.32 Å². The first-order valence-electron chi connectivity index (χ1n) is 7.37. The van der Waals surface area contributed by atoms with Crippen LogP contribution in [-0.2, 0) is 14.3 Å². The molecule has 0 bridgehead atoms. The Labute approximate surface area is 138 Å². The number of carbonyl (C=O) groups excluding carboxylic acids is 2. The third-order valence-corrected chi connectivity index (χ3v) is 3.81. The predicted molar refractivity (Wildman–Crippen MR) is 85.9 cm³/mol. The first-order chi connectivity index (χ1) is 11.1. The summed E-state index contributed by atoms with van der Waals surface area (Å²) in [5.41, 5.74) is 1.27. The van der Waals surface area contributed by atoms with Crippen LogP contribution in [-0.4, -0.2) is 34.4 Å². The highest BCUT2D eigenvalue weighted by Crippen LogP contribution is 2.27. The van der Waals surface area contributed by atoms with Crippen LogP contribution in [0.2, 0.25) is 5.15 Å². The van der Waals surface area contributed by atoms with Crippen LogP contribution in [0.1, 0.15) is 18.5 Å². The van der Waals surface area contributed by atoms with Gasteiger partial charge in [-0.15, -0.1) is 0 Å². The van der Waals surface area contributed by atoms with E-state index in [4.69, 9.17) is 16.3 Å². The maximum atomic E-state index is 11.7. The quantitative estimate of drug-likeness (QED) is 0.649. The fourth-order valence-corrected chi connectivity index (χ4v) is 2.34. The average molecular weight is 334 g/mol. The van der Waals surface area contributed by atoms with Crippen LogP contribution in [0, 0.1) is 5.92 Å². The largest absolute Gasteiger partial charge is 0.452 e. The Morgan fingerprint density at radius 3 is 3.04 bits per heavy atom. The minimum absolute atomic E-state index is 0.281. The molecule has 23 heavy (non-hydrogen) atoms. The molecule has 0 saturated heterocycles. The number of hydrogen-bond acceptors (Lipinski definition) is 4. The van der Waals surface area contributed by atoms with E-state index in [2.05, 4.69) is 10.3 Å². The number of carbonyl (C=O) groups is 2. The summed E-state index contributed by atoms with van der Waals surface area (Å²) in [5.74, 6) is -0.299. The van der Waals surface area contributed by atoms with Gasteiger partial charge in [0.1, 0.15) is 5.65 Å². The molecule has 0 aromatic carbocycles. The van der Waals surface area contributed by atoms with Crippen LogP contribution in [0.5, 0.6) is 0 Å². The third kappa shape index (κ3) is 4.10. The molecule has 0 aliphatic heterocycles. The molecule has 1 saturated carbocycles. The fraction of sp³-hybridized carbons (Fsp3) is 0.312. The normalized spacial score (nSPS) is 14.3. The highest BCUT2D eigenvalue weighted by molar-refractivity contribution is 6.31. The Kier molecular flexibility index (Phi) is 4.62. The van der Waals surface area contributed by atoms with Crippen LogP contribution >= 0.6 is 11.6 Å². The number of hydrogen-bond donors (Lipinski definition) is 1. The first-order valence-corrected chi connectivity index (χ1v) is 7.75. The van der Waals surface area contributed by atoms with E-state index in [1.165, 1.54) is 12.2 Å². The zero-order valence-electron chi connectivity index (χ0n) is 12.4. The topological polar surface area (TPSA) is 72.7 Å². The van der Waals surface area contributed by atoms with Gasteiger partial charge in [0, 0.05) is 18.8 Å². The molecule has 0 unspecified atom stereocenters. The summed E-state index contributed by atoms with van der Waals surface area (Å²) in [6.07, 6.45) is 6.86. The summed E-state index contributed by atoms with van der Waals surface area (Å²) in [4.78, 5) is 27.3. The average Bonchev–Trinajstić information content (AvgIpc) is 3.31. The number of fused-ring (bicyclic) bond motifs is 1. The molecule has 2 aromatic heterocycles. The van der Waals surface area contributed by atoms with E-state index in [1.54, 1.807) is 10.6 Å². The minimum Gasteiger partial charge on any atom is -0.452 e. The molecule has 1 aliphatic carbocycles. The second kappa shape index (κ2) is 6.83. The SMILES string of the molecule is O=C(COC(=O)C=Cc1c(Cl)nc2ccccn12)NCC1CC1. The maximum absolute atomic E-state index is 11.7. The Balaban J connectivity index is 1.54. The maximum Gasteiger partial charge on any atom is 0.331 e. The summed E-state index contributed by atoms with van der Waals surface area (Å²) >= 11 is 6.06. The number of imidazole rings is 1. The van der Waals surface area contributed by atoms with Gasteiger partial charge in [0.25, 0.3) is 5.91 Å². The molecule has 3 rings (SSSR count). The van der Waals surface area contributed by atoms with Crippen molar-refractivity contribution in [2.45, 2.75) is 12.8 Å². The number of nitrogens with zero attached hydrogens (tertiary/aromatic N) is 2. The van der Waals surface area contributed by atoms with Gasteiger partial charge in [0.15, 0.2) is 11.8 Å². The van der Waals surface area contributed by atoms with E-state index < -0.39 is 5.97 Å². The summed E-state index contributed by atoms with van der Waals surface area (Å²) < 4.78 is 6.65. The number of rotatable bonds is 6. The van der Waals surface area contributed by atoms with Crippen LogP contribution in [0.15, 0.2) is 30.5 Å². The Morgan fingerprint density at radius 1 is 1.43 bits per heavy atom. The highest BCUT2D eigenvalue weighted by atomic mass is 35.5. The van der Waals surface area contributed by atoms with Gasteiger partial charge in [-0.3, -0.25) is 9.20 Å². The highest BCUT2D eigenvalue weighted by Gasteiger charge is 2.21. The molecular weight excluding hydrogens is 318 g/mol. The molecule has 120 valence electrons. The van der Waals surface area contributed by atoms with Gasteiger partial charge in [0.2, 0.25) is 0 Å². The fourth-order valence-electron chi connectivity index (χ4n) is 2.10. The molecule has 1 N–H and O–H groups in total. The van der Waals surface area contributed by atoms with Gasteiger partial charge in [-0.1, -0.05) is 17.7 Å². The van der Waals surface area contributed by atoms with E-state index in [-0.39, 0.29) is 12.5 Å². The van der Waals surface area contributed by atoms with Crippen molar-refractivity contribution in [2.24, 2.45) is 5.92 Å².